The molecule has 1 aromatic heterocycles. The first-order valence-electron chi connectivity index (χ1n) is 9.45. The van der Waals surface area contributed by atoms with Crippen LogP contribution in [-0.4, -0.2) is 46.2 Å². The van der Waals surface area contributed by atoms with E-state index in [1.165, 1.54) is 37.0 Å². The molecular formula is C18H30N4O4. The van der Waals surface area contributed by atoms with Crippen LogP contribution in [0.1, 0.15) is 75.4 Å². The molecule has 146 valence electrons. The van der Waals surface area contributed by atoms with Crippen molar-refractivity contribution in [2.45, 2.75) is 70.3 Å². The number of hydrogen-bond donors (Lipinski definition) is 2. The lowest BCUT2D eigenvalue weighted by Crippen LogP contribution is -2.34. The van der Waals surface area contributed by atoms with Crippen LogP contribution in [0.3, 0.4) is 0 Å². The molecule has 2 amide bonds. The third-order valence-corrected chi connectivity index (χ3v) is 4.95. The molecule has 8 heteroatoms. The third kappa shape index (κ3) is 6.65. The zero-order chi connectivity index (χ0) is 18.9. The van der Waals surface area contributed by atoms with Crippen LogP contribution in [0.4, 0.5) is 4.79 Å². The van der Waals surface area contributed by atoms with Crippen LogP contribution in [0, 0.1) is 5.92 Å². The van der Waals surface area contributed by atoms with E-state index in [4.69, 9.17) is 4.52 Å². The van der Waals surface area contributed by atoms with Crippen molar-refractivity contribution in [3.63, 3.8) is 0 Å². The van der Waals surface area contributed by atoms with Crippen molar-refractivity contribution < 1.29 is 19.2 Å². The molecule has 0 spiro atoms. The Bertz CT molecular complexity index is 582. The van der Waals surface area contributed by atoms with Gasteiger partial charge >= 0.3 is 12.0 Å². The van der Waals surface area contributed by atoms with Crippen molar-refractivity contribution in [1.82, 2.24) is 20.4 Å². The van der Waals surface area contributed by atoms with Gasteiger partial charge in [-0.05, 0) is 12.3 Å². The highest BCUT2D eigenvalue weighted by Gasteiger charge is 2.23. The Labute approximate surface area is 154 Å². The summed E-state index contributed by atoms with van der Waals surface area (Å²) in [6.07, 6.45) is 9.37. The van der Waals surface area contributed by atoms with Crippen LogP contribution in [0.2, 0.25) is 0 Å². The second-order valence-electron chi connectivity index (χ2n) is 7.33. The van der Waals surface area contributed by atoms with Gasteiger partial charge in [0.25, 0.3) is 0 Å². The van der Waals surface area contributed by atoms with E-state index < -0.39 is 5.97 Å². The molecule has 0 radical (unpaired) electrons. The average Bonchev–Trinajstić information content (AvgIpc) is 3.08. The maximum atomic E-state index is 11.5. The highest BCUT2D eigenvalue weighted by molar-refractivity contribution is 5.73. The van der Waals surface area contributed by atoms with Gasteiger partial charge in [0.15, 0.2) is 5.82 Å². The van der Waals surface area contributed by atoms with Crippen molar-refractivity contribution in [1.29, 1.82) is 0 Å². The number of urea groups is 1. The number of amides is 2. The largest absolute Gasteiger partial charge is 0.481 e. The maximum Gasteiger partial charge on any atom is 0.317 e. The highest BCUT2D eigenvalue weighted by Crippen LogP contribution is 2.31. The van der Waals surface area contributed by atoms with Crippen LogP contribution in [0.25, 0.3) is 0 Å². The van der Waals surface area contributed by atoms with Gasteiger partial charge in [-0.15, -0.1) is 0 Å². The number of aromatic nitrogens is 2. The number of carboxylic acid groups (broad SMARTS) is 1. The quantitative estimate of drug-likeness (QED) is 0.695. The lowest BCUT2D eigenvalue weighted by atomic mass is 9.84. The van der Waals surface area contributed by atoms with Crippen LogP contribution < -0.4 is 5.32 Å². The molecule has 1 atom stereocenters. The Morgan fingerprint density at radius 3 is 2.69 bits per heavy atom. The summed E-state index contributed by atoms with van der Waals surface area (Å²) in [5, 5.41) is 15.7. The summed E-state index contributed by atoms with van der Waals surface area (Å²) < 4.78 is 5.27. The minimum absolute atomic E-state index is 0.0175. The Morgan fingerprint density at radius 1 is 1.31 bits per heavy atom. The van der Waals surface area contributed by atoms with Crippen molar-refractivity contribution in [2.75, 3.05) is 14.1 Å². The third-order valence-electron chi connectivity index (χ3n) is 4.95. The van der Waals surface area contributed by atoms with E-state index >= 15 is 0 Å². The van der Waals surface area contributed by atoms with Gasteiger partial charge in [0.1, 0.15) is 0 Å². The predicted octanol–water partition coefficient (Wildman–Crippen LogP) is 3.15. The summed E-state index contributed by atoms with van der Waals surface area (Å²) in [5.74, 6) is 0.340. The van der Waals surface area contributed by atoms with Gasteiger partial charge in [0.05, 0.1) is 13.0 Å². The van der Waals surface area contributed by atoms with E-state index in [0.29, 0.717) is 11.7 Å². The fraction of sp³-hybridized carbons (Fsp3) is 0.778. The van der Waals surface area contributed by atoms with Gasteiger partial charge in [-0.2, -0.15) is 4.98 Å². The lowest BCUT2D eigenvalue weighted by Gasteiger charge is -2.21. The van der Waals surface area contributed by atoms with Gasteiger partial charge in [0.2, 0.25) is 5.89 Å². The molecule has 0 unspecified atom stereocenters. The number of carboxylic acids is 1. The fourth-order valence-corrected chi connectivity index (χ4v) is 3.47. The molecule has 0 aromatic carbocycles. The second-order valence-corrected chi connectivity index (χ2v) is 7.33. The van der Waals surface area contributed by atoms with E-state index in [-0.39, 0.29) is 24.9 Å². The normalized spacial score (nSPS) is 16.2. The van der Waals surface area contributed by atoms with Gasteiger partial charge < -0.3 is 19.8 Å². The summed E-state index contributed by atoms with van der Waals surface area (Å²) >= 11 is 0. The van der Waals surface area contributed by atoms with Gasteiger partial charge in [0, 0.05) is 20.0 Å². The average molecular weight is 366 g/mol. The van der Waals surface area contributed by atoms with E-state index in [1.54, 1.807) is 14.1 Å². The maximum absolute atomic E-state index is 11.5. The number of hydrogen-bond acceptors (Lipinski definition) is 5. The first kappa shape index (κ1) is 20.2. The predicted molar refractivity (Wildman–Crippen MR) is 95.6 cm³/mol. The zero-order valence-corrected chi connectivity index (χ0v) is 15.7. The highest BCUT2D eigenvalue weighted by atomic mass is 16.5. The lowest BCUT2D eigenvalue weighted by molar-refractivity contribution is -0.137. The number of carbonyl (C=O) groups excluding carboxylic acids is 1. The summed E-state index contributed by atoms with van der Waals surface area (Å²) in [6.45, 7) is 0.155. The van der Waals surface area contributed by atoms with E-state index in [9.17, 15) is 14.7 Å². The van der Waals surface area contributed by atoms with Crippen LogP contribution >= 0.6 is 0 Å². The van der Waals surface area contributed by atoms with Gasteiger partial charge in [-0.1, -0.05) is 50.1 Å². The molecule has 1 saturated carbocycles. The van der Waals surface area contributed by atoms with E-state index in [0.717, 1.165) is 25.2 Å². The molecule has 0 saturated heterocycles. The molecule has 1 fully saturated rings. The molecule has 1 aromatic rings. The van der Waals surface area contributed by atoms with Crippen LogP contribution in [0.15, 0.2) is 4.52 Å². The smallest absolute Gasteiger partial charge is 0.317 e. The SMILES string of the molecule is CN(C)C(=O)NCc1noc([C@H](CCCC2CCCCC2)CC(=O)O)n1. The number of nitrogens with one attached hydrogen (secondary N) is 1. The summed E-state index contributed by atoms with van der Waals surface area (Å²) in [4.78, 5) is 28.4. The van der Waals surface area contributed by atoms with E-state index in [1.807, 2.05) is 0 Å². The first-order valence-corrected chi connectivity index (χ1v) is 9.45. The Balaban J connectivity index is 1.87. The molecule has 1 heterocycles. The standard InChI is InChI=1S/C18H30N4O4/c1-22(2)18(25)19-12-15-20-17(26-21-15)14(11-16(23)24)10-6-9-13-7-4-3-5-8-13/h13-14H,3-12H2,1-2H3,(H,19,25)(H,23,24)/t14-/m1/s1. The summed E-state index contributed by atoms with van der Waals surface area (Å²) in [6, 6.07) is -0.245. The van der Waals surface area contributed by atoms with E-state index in [2.05, 4.69) is 15.5 Å². The van der Waals surface area contributed by atoms with Crippen LogP contribution in [-0.2, 0) is 11.3 Å². The molecule has 1 aliphatic carbocycles. The molecule has 2 N–H and O–H groups in total. The van der Waals surface area contributed by atoms with Gasteiger partial charge in [-0.3, -0.25) is 4.79 Å². The number of rotatable bonds is 9. The molecule has 26 heavy (non-hydrogen) atoms. The van der Waals surface area contributed by atoms with Crippen molar-refractivity contribution in [3.05, 3.63) is 11.7 Å². The zero-order valence-electron chi connectivity index (χ0n) is 15.7. The number of aliphatic carboxylic acids is 1. The topological polar surface area (TPSA) is 109 Å². The Hall–Kier alpha value is -2.12. The molecule has 2 rings (SSSR count). The number of nitrogens with zero attached hydrogens (tertiary/aromatic N) is 3. The fourth-order valence-electron chi connectivity index (χ4n) is 3.47. The van der Waals surface area contributed by atoms with Crippen LogP contribution in [0.5, 0.6) is 0 Å². The van der Waals surface area contributed by atoms with Crippen molar-refractivity contribution in [3.8, 4) is 0 Å². The minimum Gasteiger partial charge on any atom is -0.481 e. The summed E-state index contributed by atoms with van der Waals surface area (Å²) in [7, 11) is 3.29. The van der Waals surface area contributed by atoms with Crippen molar-refractivity contribution >= 4 is 12.0 Å². The molecule has 0 bridgehead atoms. The molecule has 0 aliphatic heterocycles. The van der Waals surface area contributed by atoms with Crippen molar-refractivity contribution in [2.24, 2.45) is 5.92 Å². The first-order chi connectivity index (χ1) is 12.5. The Kier molecular flexibility index (Phi) is 7.87. The van der Waals surface area contributed by atoms with Gasteiger partial charge in [-0.25, -0.2) is 4.79 Å². The number of carbonyl (C=O) groups is 2. The minimum atomic E-state index is -0.867. The second kappa shape index (κ2) is 10.1. The monoisotopic (exact) mass is 366 g/mol. The molecule has 1 aliphatic rings. The Morgan fingerprint density at radius 2 is 2.04 bits per heavy atom. The summed E-state index contributed by atoms with van der Waals surface area (Å²) in [5.41, 5.74) is 0. The molecular weight excluding hydrogens is 336 g/mol. The molecule has 8 nitrogen and oxygen atoms in total.